The Hall–Kier alpha value is -2.99. The Kier molecular flexibility index (Phi) is 5.66. The molecule has 1 N–H and O–H groups in total. The Labute approximate surface area is 158 Å². The van der Waals surface area contributed by atoms with Crippen LogP contribution in [0.3, 0.4) is 0 Å². The van der Waals surface area contributed by atoms with Crippen molar-refractivity contribution in [3.05, 3.63) is 70.8 Å². The molecule has 1 atom stereocenters. The van der Waals surface area contributed by atoms with E-state index in [1.807, 2.05) is 37.3 Å². The number of imide groups is 1. The van der Waals surface area contributed by atoms with Crippen LogP contribution in [0.2, 0.25) is 0 Å². The summed E-state index contributed by atoms with van der Waals surface area (Å²) in [6.45, 7) is 2.58. The standard InChI is InChI=1S/C21H22N2O4/c1-3-16(13-27-2)22-19(24)15-9-10-17-18(11-15)21(26)23(20(17)25)12-14-7-5-4-6-8-14/h4-11,16H,3,12-13H2,1-2H3,(H,22,24). The summed E-state index contributed by atoms with van der Waals surface area (Å²) in [6.07, 6.45) is 0.729. The molecule has 2 aromatic rings. The predicted molar refractivity (Wildman–Crippen MR) is 101 cm³/mol. The van der Waals surface area contributed by atoms with Gasteiger partial charge in [-0.2, -0.15) is 0 Å². The summed E-state index contributed by atoms with van der Waals surface area (Å²) in [5.74, 6) is -1.00. The molecule has 0 fully saturated rings. The average Bonchev–Trinajstić information content (AvgIpc) is 2.92. The minimum Gasteiger partial charge on any atom is -0.383 e. The molecule has 2 aromatic carbocycles. The van der Waals surface area contributed by atoms with Crippen LogP contribution < -0.4 is 5.32 Å². The van der Waals surface area contributed by atoms with Gasteiger partial charge in [0.15, 0.2) is 0 Å². The highest BCUT2D eigenvalue weighted by Crippen LogP contribution is 2.25. The lowest BCUT2D eigenvalue weighted by molar-refractivity contribution is 0.0642. The molecule has 0 spiro atoms. The average molecular weight is 366 g/mol. The first-order valence-electron chi connectivity index (χ1n) is 8.89. The highest BCUT2D eigenvalue weighted by molar-refractivity contribution is 6.22. The Balaban J connectivity index is 1.80. The third-order valence-electron chi connectivity index (χ3n) is 4.61. The minimum atomic E-state index is -0.377. The van der Waals surface area contributed by atoms with E-state index in [0.29, 0.717) is 17.7 Å². The molecule has 3 amide bonds. The molecule has 27 heavy (non-hydrogen) atoms. The maximum atomic E-state index is 12.7. The van der Waals surface area contributed by atoms with E-state index in [4.69, 9.17) is 4.74 Å². The zero-order valence-electron chi connectivity index (χ0n) is 15.4. The van der Waals surface area contributed by atoms with Crippen molar-refractivity contribution in [3.8, 4) is 0 Å². The van der Waals surface area contributed by atoms with E-state index in [9.17, 15) is 14.4 Å². The summed E-state index contributed by atoms with van der Waals surface area (Å²) in [4.78, 5) is 39.0. The van der Waals surface area contributed by atoms with Crippen LogP contribution in [0.25, 0.3) is 0 Å². The largest absolute Gasteiger partial charge is 0.383 e. The molecule has 6 heteroatoms. The maximum Gasteiger partial charge on any atom is 0.261 e. The predicted octanol–water partition coefficient (Wildman–Crippen LogP) is 2.64. The Bertz CT molecular complexity index is 864. The molecule has 1 aliphatic heterocycles. The van der Waals surface area contributed by atoms with Gasteiger partial charge >= 0.3 is 0 Å². The van der Waals surface area contributed by atoms with Crippen LogP contribution in [0, 0.1) is 0 Å². The molecule has 1 heterocycles. The summed E-state index contributed by atoms with van der Waals surface area (Å²) in [5, 5.41) is 2.88. The summed E-state index contributed by atoms with van der Waals surface area (Å²) in [6, 6.07) is 13.8. The molecule has 0 saturated heterocycles. The van der Waals surface area contributed by atoms with Gasteiger partial charge in [0.25, 0.3) is 17.7 Å². The minimum absolute atomic E-state index is 0.109. The van der Waals surface area contributed by atoms with Gasteiger partial charge in [0.05, 0.1) is 30.3 Å². The number of methoxy groups -OCH3 is 1. The van der Waals surface area contributed by atoms with Crippen molar-refractivity contribution in [2.24, 2.45) is 0 Å². The number of benzene rings is 2. The van der Waals surface area contributed by atoms with E-state index in [2.05, 4.69) is 5.32 Å². The van der Waals surface area contributed by atoms with Crippen molar-refractivity contribution in [1.82, 2.24) is 10.2 Å². The number of hydrogen-bond donors (Lipinski definition) is 1. The molecule has 1 aliphatic rings. The van der Waals surface area contributed by atoms with E-state index in [1.165, 1.54) is 11.0 Å². The summed E-state index contributed by atoms with van der Waals surface area (Å²) in [7, 11) is 1.58. The number of amides is 3. The van der Waals surface area contributed by atoms with Crippen LogP contribution in [0.15, 0.2) is 48.5 Å². The molecule has 1 unspecified atom stereocenters. The van der Waals surface area contributed by atoms with E-state index >= 15 is 0 Å². The topological polar surface area (TPSA) is 75.7 Å². The van der Waals surface area contributed by atoms with E-state index in [-0.39, 0.29) is 35.9 Å². The van der Waals surface area contributed by atoms with Gasteiger partial charge in [0.2, 0.25) is 0 Å². The molecular formula is C21H22N2O4. The van der Waals surface area contributed by atoms with Crippen molar-refractivity contribution < 1.29 is 19.1 Å². The summed E-state index contributed by atoms with van der Waals surface area (Å²) in [5.41, 5.74) is 1.82. The van der Waals surface area contributed by atoms with Crippen LogP contribution in [0.5, 0.6) is 0 Å². The van der Waals surface area contributed by atoms with Crippen LogP contribution >= 0.6 is 0 Å². The second-order valence-corrected chi connectivity index (χ2v) is 6.48. The fraction of sp³-hybridized carbons (Fsp3) is 0.286. The molecule has 0 saturated carbocycles. The van der Waals surface area contributed by atoms with Gasteiger partial charge in [0.1, 0.15) is 0 Å². The number of nitrogens with zero attached hydrogens (tertiary/aromatic N) is 1. The normalized spacial score (nSPS) is 14.2. The number of carbonyl (C=O) groups is 3. The van der Waals surface area contributed by atoms with Crippen molar-refractivity contribution in [1.29, 1.82) is 0 Å². The molecule has 0 aliphatic carbocycles. The summed E-state index contributed by atoms with van der Waals surface area (Å²) < 4.78 is 5.09. The first-order chi connectivity index (χ1) is 13.0. The van der Waals surface area contributed by atoms with Gasteiger partial charge in [0, 0.05) is 12.7 Å². The molecule has 0 radical (unpaired) electrons. The zero-order valence-corrected chi connectivity index (χ0v) is 15.4. The lowest BCUT2D eigenvalue weighted by Crippen LogP contribution is -2.37. The van der Waals surface area contributed by atoms with Gasteiger partial charge < -0.3 is 10.1 Å². The van der Waals surface area contributed by atoms with Gasteiger partial charge in [-0.25, -0.2) is 0 Å². The highest BCUT2D eigenvalue weighted by Gasteiger charge is 2.36. The zero-order chi connectivity index (χ0) is 19.4. The van der Waals surface area contributed by atoms with E-state index < -0.39 is 0 Å². The van der Waals surface area contributed by atoms with Crippen LogP contribution in [0.4, 0.5) is 0 Å². The van der Waals surface area contributed by atoms with Crippen LogP contribution in [0.1, 0.15) is 50.0 Å². The number of nitrogens with one attached hydrogen (secondary N) is 1. The SMILES string of the molecule is CCC(COC)NC(=O)c1ccc2c(c1)C(=O)N(Cc1ccccc1)C2=O. The van der Waals surface area contributed by atoms with Crippen LogP contribution in [-0.2, 0) is 11.3 Å². The second kappa shape index (κ2) is 8.14. The van der Waals surface area contributed by atoms with E-state index in [0.717, 1.165) is 12.0 Å². The molecule has 0 bridgehead atoms. The Morgan fingerprint density at radius 2 is 1.78 bits per heavy atom. The molecule has 0 aromatic heterocycles. The molecule has 3 rings (SSSR count). The highest BCUT2D eigenvalue weighted by atomic mass is 16.5. The molecule has 6 nitrogen and oxygen atoms in total. The molecular weight excluding hydrogens is 344 g/mol. The number of ether oxygens (including phenoxy) is 1. The first kappa shape index (κ1) is 18.8. The van der Waals surface area contributed by atoms with Crippen LogP contribution in [-0.4, -0.2) is 42.4 Å². The Morgan fingerprint density at radius 3 is 2.44 bits per heavy atom. The van der Waals surface area contributed by atoms with Crippen molar-refractivity contribution in [2.45, 2.75) is 25.9 Å². The van der Waals surface area contributed by atoms with Gasteiger partial charge in [-0.1, -0.05) is 37.3 Å². The quantitative estimate of drug-likeness (QED) is 0.765. The maximum absolute atomic E-state index is 12.7. The van der Waals surface area contributed by atoms with Crippen molar-refractivity contribution in [3.63, 3.8) is 0 Å². The lowest BCUT2D eigenvalue weighted by atomic mass is 10.0. The monoisotopic (exact) mass is 366 g/mol. The van der Waals surface area contributed by atoms with E-state index in [1.54, 1.807) is 19.2 Å². The smallest absolute Gasteiger partial charge is 0.261 e. The fourth-order valence-electron chi connectivity index (χ4n) is 3.07. The number of hydrogen-bond acceptors (Lipinski definition) is 4. The number of carbonyl (C=O) groups excluding carboxylic acids is 3. The third-order valence-corrected chi connectivity index (χ3v) is 4.61. The first-order valence-corrected chi connectivity index (χ1v) is 8.89. The number of fused-ring (bicyclic) bond motifs is 1. The van der Waals surface area contributed by atoms with Gasteiger partial charge in [-0.3, -0.25) is 19.3 Å². The number of rotatable bonds is 7. The third kappa shape index (κ3) is 3.90. The Morgan fingerprint density at radius 1 is 1.07 bits per heavy atom. The van der Waals surface area contributed by atoms with Crippen molar-refractivity contribution >= 4 is 17.7 Å². The summed E-state index contributed by atoms with van der Waals surface area (Å²) >= 11 is 0. The van der Waals surface area contributed by atoms with Gasteiger partial charge in [-0.05, 0) is 30.2 Å². The van der Waals surface area contributed by atoms with Crippen molar-refractivity contribution in [2.75, 3.05) is 13.7 Å². The second-order valence-electron chi connectivity index (χ2n) is 6.48. The lowest BCUT2D eigenvalue weighted by Gasteiger charge is -2.16. The molecule has 140 valence electrons. The fourth-order valence-corrected chi connectivity index (χ4v) is 3.07. The van der Waals surface area contributed by atoms with Gasteiger partial charge in [-0.15, -0.1) is 0 Å².